The highest BCUT2D eigenvalue weighted by molar-refractivity contribution is 7.90. The summed E-state index contributed by atoms with van der Waals surface area (Å²) < 4.78 is 47.2. The van der Waals surface area contributed by atoms with Crippen molar-refractivity contribution in [3.8, 4) is 0 Å². The lowest BCUT2D eigenvalue weighted by Gasteiger charge is -2.40. The van der Waals surface area contributed by atoms with Crippen LogP contribution in [0.3, 0.4) is 0 Å². The van der Waals surface area contributed by atoms with Gasteiger partial charge in [-0.3, -0.25) is 9.00 Å². The predicted octanol–water partition coefficient (Wildman–Crippen LogP) is 2.82. The standard InChI is InChI=1S/C15H19ClO5S2/c1-10-8-12(15(22(18)19)6-4-3-5-7-15)13(23(2,20)21)9-11(10)14(16)17/h8-9H,3-7H2,1-2H3,(H,18,19)/p-1. The normalized spacial score (nSPS) is 19.3. The van der Waals surface area contributed by atoms with Gasteiger partial charge in [0.2, 0.25) is 0 Å². The van der Waals surface area contributed by atoms with Gasteiger partial charge in [0.1, 0.15) is 0 Å². The number of halogens is 1. The summed E-state index contributed by atoms with van der Waals surface area (Å²) in [5.74, 6) is 0. The summed E-state index contributed by atoms with van der Waals surface area (Å²) in [5, 5.41) is -0.764. The molecule has 1 fully saturated rings. The monoisotopic (exact) mass is 377 g/mol. The van der Waals surface area contributed by atoms with E-state index < -0.39 is 30.9 Å². The Hall–Kier alpha value is -0.760. The third-order valence-electron chi connectivity index (χ3n) is 4.41. The van der Waals surface area contributed by atoms with E-state index in [-0.39, 0.29) is 16.0 Å². The molecule has 0 amide bonds. The maximum absolute atomic E-state index is 12.2. The first-order valence-electron chi connectivity index (χ1n) is 7.24. The van der Waals surface area contributed by atoms with Gasteiger partial charge in [-0.25, -0.2) is 8.42 Å². The smallest absolute Gasteiger partial charge is 0.252 e. The minimum Gasteiger partial charge on any atom is -0.772 e. The average Bonchev–Trinajstić information content (AvgIpc) is 2.45. The summed E-state index contributed by atoms with van der Waals surface area (Å²) in [6.45, 7) is 1.62. The van der Waals surface area contributed by atoms with Crippen molar-refractivity contribution in [1.82, 2.24) is 0 Å². The highest BCUT2D eigenvalue weighted by Crippen LogP contribution is 2.45. The molecule has 1 aromatic rings. The van der Waals surface area contributed by atoms with Crippen LogP contribution in [0.2, 0.25) is 0 Å². The van der Waals surface area contributed by atoms with Gasteiger partial charge in [0, 0.05) is 11.8 Å². The van der Waals surface area contributed by atoms with Crippen LogP contribution >= 0.6 is 11.6 Å². The molecule has 1 aliphatic carbocycles. The fraction of sp³-hybridized carbons (Fsp3) is 0.533. The van der Waals surface area contributed by atoms with Crippen molar-refractivity contribution in [3.63, 3.8) is 0 Å². The van der Waals surface area contributed by atoms with Crippen LogP contribution in [0, 0.1) is 6.92 Å². The van der Waals surface area contributed by atoms with E-state index in [2.05, 4.69) is 0 Å². The molecule has 8 heteroatoms. The molecule has 0 saturated heterocycles. The van der Waals surface area contributed by atoms with Crippen molar-refractivity contribution in [2.45, 2.75) is 48.7 Å². The molecule has 0 aromatic heterocycles. The van der Waals surface area contributed by atoms with E-state index in [0.29, 0.717) is 31.2 Å². The number of hydrogen-bond acceptors (Lipinski definition) is 5. The van der Waals surface area contributed by atoms with Crippen molar-refractivity contribution in [1.29, 1.82) is 0 Å². The molecular formula is C15H18ClO5S2-. The van der Waals surface area contributed by atoms with Crippen LogP contribution in [0.15, 0.2) is 17.0 Å². The molecule has 1 aromatic carbocycles. The first kappa shape index (κ1) is 18.6. The Morgan fingerprint density at radius 1 is 1.26 bits per heavy atom. The van der Waals surface area contributed by atoms with E-state index in [4.69, 9.17) is 11.6 Å². The molecule has 0 spiro atoms. The molecule has 0 bridgehead atoms. The number of hydrogen-bond donors (Lipinski definition) is 0. The fourth-order valence-electron chi connectivity index (χ4n) is 3.21. The minimum atomic E-state index is -3.71. The van der Waals surface area contributed by atoms with E-state index >= 15 is 0 Å². The molecular weight excluding hydrogens is 360 g/mol. The van der Waals surface area contributed by atoms with Gasteiger partial charge in [0.05, 0.1) is 9.64 Å². The molecule has 128 valence electrons. The van der Waals surface area contributed by atoms with E-state index in [1.807, 2.05) is 0 Å². The molecule has 2 rings (SSSR count). The zero-order chi connectivity index (χ0) is 17.4. The number of carbonyl (C=O) groups is 1. The number of aryl methyl sites for hydroxylation is 1. The lowest BCUT2D eigenvalue weighted by molar-refractivity contribution is 0.108. The third-order valence-corrected chi connectivity index (χ3v) is 7.02. The number of carbonyl (C=O) groups excluding carboxylic acids is 1. The van der Waals surface area contributed by atoms with Gasteiger partial charge >= 0.3 is 0 Å². The van der Waals surface area contributed by atoms with Crippen molar-refractivity contribution in [3.05, 3.63) is 28.8 Å². The minimum absolute atomic E-state index is 0.0819. The Morgan fingerprint density at radius 2 is 1.83 bits per heavy atom. The van der Waals surface area contributed by atoms with E-state index in [9.17, 15) is 22.0 Å². The SMILES string of the molecule is Cc1cc(C2(S(=O)[O-])CCCCC2)c(S(C)(=O)=O)cc1C(=O)Cl. The summed E-state index contributed by atoms with van der Waals surface area (Å²) in [6.07, 6.45) is 4.11. The molecule has 1 unspecified atom stereocenters. The molecule has 0 radical (unpaired) electrons. The van der Waals surface area contributed by atoms with Crippen LogP contribution < -0.4 is 0 Å². The lowest BCUT2D eigenvalue weighted by atomic mass is 9.82. The maximum Gasteiger partial charge on any atom is 0.252 e. The van der Waals surface area contributed by atoms with Gasteiger partial charge in [-0.15, -0.1) is 0 Å². The fourth-order valence-corrected chi connectivity index (χ4v) is 5.44. The van der Waals surface area contributed by atoms with Crippen molar-refractivity contribution in [2.24, 2.45) is 0 Å². The summed E-state index contributed by atoms with van der Waals surface area (Å²) in [7, 11) is -3.71. The van der Waals surface area contributed by atoms with Crippen molar-refractivity contribution < 1.29 is 22.0 Å². The van der Waals surface area contributed by atoms with Crippen LogP contribution in [0.5, 0.6) is 0 Å². The van der Waals surface area contributed by atoms with Gasteiger partial charge in [-0.2, -0.15) is 0 Å². The van der Waals surface area contributed by atoms with Gasteiger partial charge in [0.25, 0.3) is 5.24 Å². The Kier molecular flexibility index (Phi) is 5.35. The van der Waals surface area contributed by atoms with Gasteiger partial charge in [0.15, 0.2) is 9.84 Å². The second-order valence-electron chi connectivity index (χ2n) is 6.00. The van der Waals surface area contributed by atoms with Crippen LogP contribution in [-0.2, 0) is 25.7 Å². The summed E-state index contributed by atoms with van der Waals surface area (Å²) in [6, 6.07) is 2.70. The van der Waals surface area contributed by atoms with Crippen LogP contribution in [-0.4, -0.2) is 28.7 Å². The maximum atomic E-state index is 12.2. The quantitative estimate of drug-likeness (QED) is 0.594. The van der Waals surface area contributed by atoms with Gasteiger partial charge in [-0.1, -0.05) is 25.3 Å². The van der Waals surface area contributed by atoms with Crippen molar-refractivity contribution in [2.75, 3.05) is 6.26 Å². The van der Waals surface area contributed by atoms with Gasteiger partial charge in [-0.05, 0) is 59.6 Å². The summed E-state index contributed by atoms with van der Waals surface area (Å²) >= 11 is 3.05. The average molecular weight is 378 g/mol. The lowest BCUT2D eigenvalue weighted by Crippen LogP contribution is -2.35. The molecule has 1 atom stereocenters. The Bertz CT molecular complexity index is 764. The van der Waals surface area contributed by atoms with E-state index in [1.165, 1.54) is 12.1 Å². The van der Waals surface area contributed by atoms with Crippen LogP contribution in [0.4, 0.5) is 0 Å². The third kappa shape index (κ3) is 3.52. The Labute approximate surface area is 143 Å². The zero-order valence-corrected chi connectivity index (χ0v) is 15.3. The Balaban J connectivity index is 2.81. The van der Waals surface area contributed by atoms with E-state index in [1.54, 1.807) is 6.92 Å². The second kappa shape index (κ2) is 6.63. The molecule has 1 saturated carbocycles. The predicted molar refractivity (Wildman–Crippen MR) is 88.2 cm³/mol. The number of rotatable bonds is 4. The molecule has 1 aliphatic rings. The molecule has 0 heterocycles. The number of sulfone groups is 1. The highest BCUT2D eigenvalue weighted by atomic mass is 35.5. The molecule has 23 heavy (non-hydrogen) atoms. The highest BCUT2D eigenvalue weighted by Gasteiger charge is 2.39. The molecule has 5 nitrogen and oxygen atoms in total. The zero-order valence-electron chi connectivity index (χ0n) is 12.9. The number of benzene rings is 1. The summed E-state index contributed by atoms with van der Waals surface area (Å²) in [5.41, 5.74) is 0.813. The topological polar surface area (TPSA) is 91.3 Å². The molecule has 0 aliphatic heterocycles. The Morgan fingerprint density at radius 3 is 2.26 bits per heavy atom. The first-order chi connectivity index (χ1) is 10.6. The van der Waals surface area contributed by atoms with Crippen molar-refractivity contribution >= 4 is 37.8 Å². The van der Waals surface area contributed by atoms with Crippen LogP contribution in [0.25, 0.3) is 0 Å². The largest absolute Gasteiger partial charge is 0.772 e. The van der Waals surface area contributed by atoms with Crippen LogP contribution in [0.1, 0.15) is 53.6 Å². The first-order valence-corrected chi connectivity index (χ1v) is 10.6. The van der Waals surface area contributed by atoms with E-state index in [0.717, 1.165) is 12.7 Å². The molecule has 0 N–H and O–H groups in total. The summed E-state index contributed by atoms with van der Waals surface area (Å²) in [4.78, 5) is 11.4. The van der Waals surface area contributed by atoms with Gasteiger partial charge < -0.3 is 4.55 Å². The second-order valence-corrected chi connectivity index (χ2v) is 9.58.